The Kier molecular flexibility index (Phi) is 2.93. The topological polar surface area (TPSA) is 82.7 Å². The maximum atomic E-state index is 12.1. The molecule has 1 aliphatic rings. The first-order chi connectivity index (χ1) is 8.83. The first kappa shape index (κ1) is 11.2. The van der Waals surface area contributed by atoms with Gasteiger partial charge in [0.2, 0.25) is 0 Å². The number of aromatic nitrogens is 3. The highest BCUT2D eigenvalue weighted by atomic mass is 16.1. The van der Waals surface area contributed by atoms with Crippen LogP contribution in [-0.2, 0) is 0 Å². The fraction of sp³-hybridized carbons (Fsp3) is 0.417. The van der Waals surface area contributed by atoms with Crippen LogP contribution in [0.15, 0.2) is 18.2 Å². The van der Waals surface area contributed by atoms with Crippen molar-refractivity contribution >= 4 is 16.9 Å². The van der Waals surface area contributed by atoms with Gasteiger partial charge in [0, 0.05) is 11.6 Å². The molecule has 1 aromatic heterocycles. The molecule has 0 radical (unpaired) electrons. The molecule has 1 aliphatic heterocycles. The predicted octanol–water partition coefficient (Wildman–Crippen LogP) is 0.440. The van der Waals surface area contributed by atoms with E-state index in [-0.39, 0.29) is 11.9 Å². The van der Waals surface area contributed by atoms with Gasteiger partial charge in [-0.2, -0.15) is 15.4 Å². The normalized spacial score (nSPS) is 16.9. The number of carbonyl (C=O) groups is 1. The molecule has 1 saturated heterocycles. The maximum absolute atomic E-state index is 12.1. The zero-order valence-electron chi connectivity index (χ0n) is 9.94. The molecule has 94 valence electrons. The second-order valence-corrected chi connectivity index (χ2v) is 4.52. The average molecular weight is 245 g/mol. The summed E-state index contributed by atoms with van der Waals surface area (Å²) in [6.45, 7) is 1.93. The lowest BCUT2D eigenvalue weighted by Gasteiger charge is -2.23. The molecule has 18 heavy (non-hydrogen) atoms. The quantitative estimate of drug-likeness (QED) is 0.717. The van der Waals surface area contributed by atoms with Crippen molar-refractivity contribution < 1.29 is 4.79 Å². The summed E-state index contributed by atoms with van der Waals surface area (Å²) in [6.07, 6.45) is 1.97. The molecule has 0 spiro atoms. The Bertz CT molecular complexity index is 558. The molecular weight excluding hydrogens is 230 g/mol. The van der Waals surface area contributed by atoms with Gasteiger partial charge in [-0.25, -0.2) is 0 Å². The molecule has 0 unspecified atom stereocenters. The average Bonchev–Trinajstić information content (AvgIpc) is 2.87. The van der Waals surface area contributed by atoms with Crippen molar-refractivity contribution in [3.05, 3.63) is 23.8 Å². The van der Waals surface area contributed by atoms with Gasteiger partial charge in [0.1, 0.15) is 11.0 Å². The van der Waals surface area contributed by atoms with Crippen LogP contribution in [0.4, 0.5) is 0 Å². The van der Waals surface area contributed by atoms with Gasteiger partial charge in [-0.15, -0.1) is 0 Å². The number of amides is 1. The van der Waals surface area contributed by atoms with Crippen molar-refractivity contribution in [1.29, 1.82) is 0 Å². The van der Waals surface area contributed by atoms with Crippen LogP contribution in [0.25, 0.3) is 11.0 Å². The minimum absolute atomic E-state index is 0.0354. The molecular formula is C12H15N5O. The molecule has 1 fully saturated rings. The van der Waals surface area contributed by atoms with E-state index in [0.29, 0.717) is 11.1 Å². The number of rotatable bonds is 2. The minimum atomic E-state index is -0.0354. The third-order valence-corrected chi connectivity index (χ3v) is 3.25. The van der Waals surface area contributed by atoms with E-state index < -0.39 is 0 Å². The van der Waals surface area contributed by atoms with Gasteiger partial charge in [-0.1, -0.05) is 0 Å². The smallest absolute Gasteiger partial charge is 0.251 e. The fourth-order valence-electron chi connectivity index (χ4n) is 2.22. The summed E-state index contributed by atoms with van der Waals surface area (Å²) in [5, 5.41) is 16.8. The molecule has 3 rings (SSSR count). The van der Waals surface area contributed by atoms with Gasteiger partial charge in [-0.05, 0) is 44.1 Å². The van der Waals surface area contributed by atoms with E-state index in [2.05, 4.69) is 26.0 Å². The third-order valence-electron chi connectivity index (χ3n) is 3.25. The van der Waals surface area contributed by atoms with Gasteiger partial charge in [0.15, 0.2) is 0 Å². The van der Waals surface area contributed by atoms with Crippen LogP contribution in [-0.4, -0.2) is 40.4 Å². The highest BCUT2D eigenvalue weighted by molar-refractivity contribution is 5.97. The van der Waals surface area contributed by atoms with E-state index in [1.165, 1.54) is 0 Å². The van der Waals surface area contributed by atoms with Crippen molar-refractivity contribution in [1.82, 2.24) is 26.0 Å². The number of nitrogens with zero attached hydrogens (tertiary/aromatic N) is 2. The second-order valence-electron chi connectivity index (χ2n) is 4.52. The molecule has 0 saturated carbocycles. The highest BCUT2D eigenvalue weighted by Crippen LogP contribution is 2.11. The van der Waals surface area contributed by atoms with E-state index in [4.69, 9.17) is 0 Å². The van der Waals surface area contributed by atoms with E-state index in [0.717, 1.165) is 31.4 Å². The van der Waals surface area contributed by atoms with Crippen molar-refractivity contribution in [3.8, 4) is 0 Å². The van der Waals surface area contributed by atoms with Crippen LogP contribution in [0.1, 0.15) is 23.2 Å². The molecule has 2 aromatic rings. The van der Waals surface area contributed by atoms with Gasteiger partial charge < -0.3 is 10.6 Å². The van der Waals surface area contributed by atoms with Crippen LogP contribution in [0.5, 0.6) is 0 Å². The zero-order chi connectivity index (χ0) is 12.4. The number of hydrogen-bond acceptors (Lipinski definition) is 4. The molecule has 1 aromatic carbocycles. The molecule has 1 amide bonds. The molecule has 2 heterocycles. The number of aromatic amines is 1. The zero-order valence-corrected chi connectivity index (χ0v) is 9.94. The Morgan fingerprint density at radius 1 is 1.22 bits per heavy atom. The van der Waals surface area contributed by atoms with E-state index in [1.54, 1.807) is 18.2 Å². The Morgan fingerprint density at radius 2 is 2.00 bits per heavy atom. The summed E-state index contributed by atoms with van der Waals surface area (Å²) in [6, 6.07) is 5.61. The van der Waals surface area contributed by atoms with Crippen molar-refractivity contribution in [2.24, 2.45) is 0 Å². The Hall–Kier alpha value is -1.95. The standard InChI is InChI=1S/C12H15N5O/c18-12(14-9-3-5-13-6-4-9)8-1-2-10-11(7-8)16-17-15-10/h1-2,7,9,13H,3-6H2,(H,14,18)(H,15,16,17). The number of fused-ring (bicyclic) bond motifs is 1. The Labute approximate surface area is 104 Å². The molecule has 6 nitrogen and oxygen atoms in total. The molecule has 6 heteroatoms. The largest absolute Gasteiger partial charge is 0.349 e. The molecule has 0 bridgehead atoms. The molecule has 0 aliphatic carbocycles. The Balaban J connectivity index is 1.74. The lowest BCUT2D eigenvalue weighted by atomic mass is 10.1. The summed E-state index contributed by atoms with van der Waals surface area (Å²) in [4.78, 5) is 12.1. The van der Waals surface area contributed by atoms with Gasteiger partial charge in [-0.3, -0.25) is 4.79 Å². The first-order valence-electron chi connectivity index (χ1n) is 6.15. The summed E-state index contributed by atoms with van der Waals surface area (Å²) in [5.74, 6) is -0.0354. The second kappa shape index (κ2) is 4.73. The van der Waals surface area contributed by atoms with Crippen molar-refractivity contribution in [3.63, 3.8) is 0 Å². The SMILES string of the molecule is O=C(NC1CCNCC1)c1ccc2n[nH]nc2c1. The highest BCUT2D eigenvalue weighted by Gasteiger charge is 2.16. The number of piperidine rings is 1. The van der Waals surface area contributed by atoms with Crippen molar-refractivity contribution in [2.75, 3.05) is 13.1 Å². The van der Waals surface area contributed by atoms with E-state index in [9.17, 15) is 4.79 Å². The van der Waals surface area contributed by atoms with Gasteiger partial charge in [0.05, 0.1) is 0 Å². The van der Waals surface area contributed by atoms with Crippen LogP contribution < -0.4 is 10.6 Å². The van der Waals surface area contributed by atoms with Crippen LogP contribution in [0.2, 0.25) is 0 Å². The predicted molar refractivity (Wildman–Crippen MR) is 67.2 cm³/mol. The van der Waals surface area contributed by atoms with Gasteiger partial charge in [0.25, 0.3) is 5.91 Å². The van der Waals surface area contributed by atoms with Crippen LogP contribution in [0.3, 0.4) is 0 Å². The lowest BCUT2D eigenvalue weighted by molar-refractivity contribution is 0.0929. The summed E-state index contributed by atoms with van der Waals surface area (Å²) in [5.41, 5.74) is 2.12. The first-order valence-corrected chi connectivity index (χ1v) is 6.15. The molecule has 3 N–H and O–H groups in total. The summed E-state index contributed by atoms with van der Waals surface area (Å²) in [7, 11) is 0. The van der Waals surface area contributed by atoms with E-state index >= 15 is 0 Å². The molecule has 0 atom stereocenters. The monoisotopic (exact) mass is 245 g/mol. The van der Waals surface area contributed by atoms with Crippen LogP contribution >= 0.6 is 0 Å². The lowest BCUT2D eigenvalue weighted by Crippen LogP contribution is -2.42. The van der Waals surface area contributed by atoms with E-state index in [1.807, 2.05) is 0 Å². The number of nitrogens with one attached hydrogen (secondary N) is 3. The summed E-state index contributed by atoms with van der Waals surface area (Å²) < 4.78 is 0. The fourth-order valence-corrected chi connectivity index (χ4v) is 2.22. The number of benzene rings is 1. The summed E-state index contributed by atoms with van der Waals surface area (Å²) >= 11 is 0. The maximum Gasteiger partial charge on any atom is 0.251 e. The van der Waals surface area contributed by atoms with Crippen LogP contribution in [0, 0.1) is 0 Å². The number of hydrogen-bond donors (Lipinski definition) is 3. The van der Waals surface area contributed by atoms with Gasteiger partial charge >= 0.3 is 0 Å². The number of carbonyl (C=O) groups excluding carboxylic acids is 1. The third kappa shape index (κ3) is 2.19. The number of H-pyrrole nitrogens is 1. The Morgan fingerprint density at radius 3 is 2.83 bits per heavy atom. The minimum Gasteiger partial charge on any atom is -0.349 e. The van der Waals surface area contributed by atoms with Crippen molar-refractivity contribution in [2.45, 2.75) is 18.9 Å².